The molecule has 1 atom stereocenters. The molecule has 0 saturated carbocycles. The molecular weight excluding hydrogens is 369 g/mol. The molecule has 26 heavy (non-hydrogen) atoms. The first-order chi connectivity index (χ1) is 12.3. The first kappa shape index (κ1) is 20.0. The van der Waals surface area contributed by atoms with E-state index in [1.165, 1.54) is 6.08 Å². The third-order valence-corrected chi connectivity index (χ3v) is 5.10. The van der Waals surface area contributed by atoms with Crippen LogP contribution in [0, 0.1) is 6.92 Å². The van der Waals surface area contributed by atoms with E-state index in [9.17, 15) is 27.6 Å². The summed E-state index contributed by atoms with van der Waals surface area (Å²) in [6.45, 7) is 1.62. The summed E-state index contributed by atoms with van der Waals surface area (Å²) >= 11 is 1.07. The van der Waals surface area contributed by atoms with Gasteiger partial charge in [0.05, 0.1) is 11.7 Å². The van der Waals surface area contributed by atoms with Crippen molar-refractivity contribution in [2.75, 3.05) is 0 Å². The highest BCUT2D eigenvalue weighted by Gasteiger charge is 2.34. The van der Waals surface area contributed by atoms with Gasteiger partial charge in [-0.05, 0) is 31.8 Å². The van der Waals surface area contributed by atoms with E-state index in [4.69, 9.17) is 0 Å². The Kier molecular flexibility index (Phi) is 6.47. The van der Waals surface area contributed by atoms with Crippen molar-refractivity contribution in [2.45, 2.75) is 44.8 Å². The minimum atomic E-state index is -4.34. The smallest absolute Gasteiger partial charge is 0.342 e. The molecule has 1 aromatic heterocycles. The van der Waals surface area contributed by atoms with E-state index in [1.54, 1.807) is 6.92 Å². The number of carbonyl (C=O) groups excluding carboxylic acids is 3. The normalized spacial score (nSPS) is 15.7. The molecule has 0 bridgehead atoms. The van der Waals surface area contributed by atoms with Crippen molar-refractivity contribution in [3.8, 4) is 0 Å². The number of aromatic nitrogens is 1. The van der Waals surface area contributed by atoms with Crippen molar-refractivity contribution in [1.82, 2.24) is 10.3 Å². The van der Waals surface area contributed by atoms with Gasteiger partial charge < -0.3 is 14.9 Å². The lowest BCUT2D eigenvalue weighted by atomic mass is 9.98. The van der Waals surface area contributed by atoms with Crippen molar-refractivity contribution in [3.63, 3.8) is 0 Å². The summed E-state index contributed by atoms with van der Waals surface area (Å²) in [6, 6.07) is -0.774. The Bertz CT molecular complexity index is 766. The Morgan fingerprint density at radius 2 is 2.08 bits per heavy atom. The van der Waals surface area contributed by atoms with Crippen molar-refractivity contribution < 1.29 is 27.6 Å². The van der Waals surface area contributed by atoms with E-state index in [0.717, 1.165) is 17.4 Å². The zero-order valence-corrected chi connectivity index (χ0v) is 14.7. The third kappa shape index (κ3) is 4.87. The molecule has 1 aliphatic carbocycles. The van der Waals surface area contributed by atoms with Crippen LogP contribution in [0.4, 0.5) is 13.2 Å². The molecule has 0 saturated heterocycles. The highest BCUT2D eigenvalue weighted by molar-refractivity contribution is 7.14. The Morgan fingerprint density at radius 1 is 1.35 bits per heavy atom. The quantitative estimate of drug-likeness (QED) is 0.729. The zero-order valence-electron chi connectivity index (χ0n) is 13.9. The lowest BCUT2D eigenvalue weighted by Crippen LogP contribution is -2.35. The van der Waals surface area contributed by atoms with E-state index >= 15 is 0 Å². The van der Waals surface area contributed by atoms with Crippen LogP contribution < -0.4 is 5.32 Å². The van der Waals surface area contributed by atoms with Crippen LogP contribution in [-0.4, -0.2) is 35.7 Å². The molecule has 0 unspecified atom stereocenters. The molecule has 1 heterocycles. The number of rotatable bonds is 7. The Labute approximate surface area is 152 Å². The fraction of sp³-hybridized carbons (Fsp3) is 0.412. The molecule has 0 aromatic carbocycles. The maximum absolute atomic E-state index is 12.7. The molecule has 1 amide bonds. The van der Waals surface area contributed by atoms with E-state index in [-0.39, 0.29) is 25.7 Å². The number of nitrogens with zero attached hydrogens (tertiary/aromatic N) is 1. The van der Waals surface area contributed by atoms with Gasteiger partial charge in [-0.15, -0.1) is 11.3 Å². The third-order valence-electron chi connectivity index (χ3n) is 3.87. The van der Waals surface area contributed by atoms with Crippen LogP contribution in [0.25, 0.3) is 5.57 Å². The standard InChI is InChI=1S/C17H17F3N2O3S/c1-10-14(15(25)22-13(9-24)3-2-8-23)26-16(21-10)11-4-6-12(7-5-11)17(18,19)20/h4,6,8-9,13H,2-3,5,7H2,1H3,(H,22,25)/t13-/m0/s1. The average Bonchev–Trinajstić information content (AvgIpc) is 2.99. The maximum Gasteiger partial charge on any atom is 0.412 e. The minimum absolute atomic E-state index is 0.131. The second-order valence-corrected chi connectivity index (χ2v) is 6.77. The maximum atomic E-state index is 12.7. The van der Waals surface area contributed by atoms with Gasteiger partial charge in [-0.25, -0.2) is 4.98 Å². The van der Waals surface area contributed by atoms with E-state index in [0.29, 0.717) is 33.7 Å². The molecule has 1 aromatic rings. The van der Waals surface area contributed by atoms with Gasteiger partial charge in [0.2, 0.25) is 0 Å². The second-order valence-electron chi connectivity index (χ2n) is 5.78. The van der Waals surface area contributed by atoms with Gasteiger partial charge in [0.1, 0.15) is 22.5 Å². The summed E-state index contributed by atoms with van der Waals surface area (Å²) in [5, 5.41) is 3.01. The van der Waals surface area contributed by atoms with E-state index in [1.807, 2.05) is 0 Å². The van der Waals surface area contributed by atoms with Crippen molar-refractivity contribution >= 4 is 35.4 Å². The van der Waals surface area contributed by atoms with Crippen LogP contribution in [0.1, 0.15) is 46.1 Å². The van der Waals surface area contributed by atoms with Gasteiger partial charge in [0.15, 0.2) is 0 Å². The SMILES string of the molecule is Cc1nc(C2=CC=C(C(F)(F)F)CC2)sc1C(=O)N[C@H](C=O)CCC=O. The molecule has 2 rings (SSSR count). The molecule has 9 heteroatoms. The Balaban J connectivity index is 2.15. The number of alkyl halides is 3. The summed E-state index contributed by atoms with van der Waals surface area (Å²) in [5.74, 6) is -0.489. The highest BCUT2D eigenvalue weighted by atomic mass is 32.1. The summed E-state index contributed by atoms with van der Waals surface area (Å²) in [6.07, 6.45) is -0.275. The van der Waals surface area contributed by atoms with Crippen molar-refractivity contribution in [3.05, 3.63) is 33.3 Å². The zero-order chi connectivity index (χ0) is 19.3. The molecule has 0 fully saturated rings. The number of carbonyl (C=O) groups is 3. The van der Waals surface area contributed by atoms with Crippen molar-refractivity contribution in [1.29, 1.82) is 0 Å². The van der Waals surface area contributed by atoms with E-state index < -0.39 is 23.7 Å². The van der Waals surface area contributed by atoms with Crippen LogP contribution in [-0.2, 0) is 9.59 Å². The summed E-state index contributed by atoms with van der Waals surface area (Å²) < 4.78 is 38.0. The minimum Gasteiger partial charge on any atom is -0.342 e. The lowest BCUT2D eigenvalue weighted by Gasteiger charge is -2.15. The number of amides is 1. The number of halogens is 3. The Hall–Kier alpha value is -2.29. The van der Waals surface area contributed by atoms with Crippen LogP contribution in [0.2, 0.25) is 0 Å². The number of allylic oxidation sites excluding steroid dienone is 4. The van der Waals surface area contributed by atoms with Gasteiger partial charge in [0, 0.05) is 12.0 Å². The van der Waals surface area contributed by atoms with Crippen molar-refractivity contribution in [2.24, 2.45) is 0 Å². The molecule has 0 spiro atoms. The van der Waals surface area contributed by atoms with Crippen LogP contribution in [0.15, 0.2) is 17.7 Å². The predicted molar refractivity (Wildman–Crippen MR) is 90.8 cm³/mol. The predicted octanol–water partition coefficient (Wildman–Crippen LogP) is 3.39. The molecule has 5 nitrogen and oxygen atoms in total. The highest BCUT2D eigenvalue weighted by Crippen LogP contribution is 2.37. The molecule has 1 N–H and O–H groups in total. The fourth-order valence-electron chi connectivity index (χ4n) is 2.45. The largest absolute Gasteiger partial charge is 0.412 e. The van der Waals surface area contributed by atoms with Gasteiger partial charge in [0.25, 0.3) is 5.91 Å². The molecule has 0 radical (unpaired) electrons. The number of hydrogen-bond donors (Lipinski definition) is 1. The van der Waals surface area contributed by atoms with Crippen LogP contribution >= 0.6 is 11.3 Å². The number of aldehydes is 2. The van der Waals surface area contributed by atoms with Gasteiger partial charge in [-0.1, -0.05) is 12.2 Å². The lowest BCUT2D eigenvalue weighted by molar-refractivity contribution is -0.110. The first-order valence-electron chi connectivity index (χ1n) is 7.90. The number of thiazole rings is 1. The second kappa shape index (κ2) is 8.39. The monoisotopic (exact) mass is 386 g/mol. The van der Waals surface area contributed by atoms with Crippen LogP contribution in [0.3, 0.4) is 0 Å². The number of aryl methyl sites for hydroxylation is 1. The number of hydrogen-bond acceptors (Lipinski definition) is 5. The van der Waals surface area contributed by atoms with Crippen LogP contribution in [0.5, 0.6) is 0 Å². The van der Waals surface area contributed by atoms with Gasteiger partial charge in [-0.3, -0.25) is 4.79 Å². The summed E-state index contributed by atoms with van der Waals surface area (Å²) in [7, 11) is 0. The summed E-state index contributed by atoms with van der Waals surface area (Å²) in [5.41, 5.74) is 0.489. The number of nitrogens with one attached hydrogen (secondary N) is 1. The Morgan fingerprint density at radius 3 is 2.62 bits per heavy atom. The fourth-order valence-corrected chi connectivity index (χ4v) is 3.47. The van der Waals surface area contributed by atoms with Gasteiger partial charge in [-0.2, -0.15) is 13.2 Å². The topological polar surface area (TPSA) is 76.1 Å². The molecule has 1 aliphatic rings. The average molecular weight is 386 g/mol. The molecule has 0 aliphatic heterocycles. The summed E-state index contributed by atoms with van der Waals surface area (Å²) in [4.78, 5) is 38.2. The van der Waals surface area contributed by atoms with E-state index in [2.05, 4.69) is 10.3 Å². The van der Waals surface area contributed by atoms with Gasteiger partial charge >= 0.3 is 6.18 Å². The first-order valence-corrected chi connectivity index (χ1v) is 8.72. The molecule has 140 valence electrons. The molecular formula is C17H17F3N2O3S.